The van der Waals surface area contributed by atoms with Gasteiger partial charge >= 0.3 is 0 Å². The average Bonchev–Trinajstić information content (AvgIpc) is 2.59. The zero-order chi connectivity index (χ0) is 16.2. The van der Waals surface area contributed by atoms with E-state index in [0.29, 0.717) is 29.2 Å². The van der Waals surface area contributed by atoms with E-state index in [9.17, 15) is 4.79 Å². The third kappa shape index (κ3) is 3.06. The van der Waals surface area contributed by atoms with Crippen LogP contribution in [0.25, 0.3) is 6.08 Å². The Balaban J connectivity index is 1.97. The molecule has 118 valence electrons. The number of fused-ring (bicyclic) bond motifs is 1. The lowest BCUT2D eigenvalue weighted by molar-refractivity contribution is 0.100. The molecule has 0 fully saturated rings. The van der Waals surface area contributed by atoms with E-state index >= 15 is 0 Å². The molecular weight excluding hydrogens is 292 g/mol. The summed E-state index contributed by atoms with van der Waals surface area (Å²) < 4.78 is 16.5. The molecule has 1 heterocycles. The number of ketones is 1. The van der Waals surface area contributed by atoms with Crippen LogP contribution in [-0.4, -0.2) is 26.1 Å². The van der Waals surface area contributed by atoms with Crippen molar-refractivity contribution in [1.29, 1.82) is 0 Å². The summed E-state index contributed by atoms with van der Waals surface area (Å²) in [5.74, 6) is 1.94. The van der Waals surface area contributed by atoms with Gasteiger partial charge in [-0.15, -0.1) is 0 Å². The maximum Gasteiger partial charge on any atom is 0.196 e. The van der Waals surface area contributed by atoms with Crippen molar-refractivity contribution in [3.63, 3.8) is 0 Å². The molecule has 0 N–H and O–H groups in total. The molecule has 23 heavy (non-hydrogen) atoms. The molecule has 1 aliphatic heterocycles. The van der Waals surface area contributed by atoms with E-state index in [1.54, 1.807) is 25.3 Å². The summed E-state index contributed by atoms with van der Waals surface area (Å²) in [6, 6.07) is 12.9. The molecule has 0 aromatic heterocycles. The van der Waals surface area contributed by atoms with E-state index < -0.39 is 0 Å². The lowest BCUT2D eigenvalue weighted by Crippen LogP contribution is -2.19. The summed E-state index contributed by atoms with van der Waals surface area (Å²) in [5, 5.41) is 0. The Kier molecular flexibility index (Phi) is 4.33. The van der Waals surface area contributed by atoms with Gasteiger partial charge in [-0.2, -0.15) is 0 Å². The number of Topliss-reactive ketones (excluding diaryl/α,β-unsaturated/α-hetero) is 1. The quantitative estimate of drug-likeness (QED) is 0.807. The Bertz CT molecular complexity index is 762. The van der Waals surface area contributed by atoms with Gasteiger partial charge in [0.1, 0.15) is 23.9 Å². The highest BCUT2D eigenvalue weighted by Crippen LogP contribution is 2.32. The molecule has 0 saturated heterocycles. The van der Waals surface area contributed by atoms with Crippen molar-refractivity contribution in [1.82, 2.24) is 0 Å². The maximum atomic E-state index is 12.7. The highest BCUT2D eigenvalue weighted by molar-refractivity contribution is 6.14. The van der Waals surface area contributed by atoms with Gasteiger partial charge in [0, 0.05) is 11.1 Å². The number of hydrogen-bond acceptors (Lipinski definition) is 4. The minimum atomic E-state index is -0.0450. The van der Waals surface area contributed by atoms with Crippen LogP contribution in [-0.2, 0) is 0 Å². The van der Waals surface area contributed by atoms with E-state index in [1.165, 1.54) is 0 Å². The van der Waals surface area contributed by atoms with Gasteiger partial charge in [-0.1, -0.05) is 18.2 Å². The molecule has 0 spiro atoms. The fourth-order valence-corrected chi connectivity index (χ4v) is 2.52. The van der Waals surface area contributed by atoms with Crippen LogP contribution in [0.5, 0.6) is 17.2 Å². The molecule has 3 rings (SSSR count). The van der Waals surface area contributed by atoms with Crippen molar-refractivity contribution in [3.05, 3.63) is 59.2 Å². The van der Waals surface area contributed by atoms with Crippen molar-refractivity contribution in [2.45, 2.75) is 6.92 Å². The number of methoxy groups -OCH3 is 1. The van der Waals surface area contributed by atoms with Crippen molar-refractivity contribution in [3.8, 4) is 17.2 Å². The highest BCUT2D eigenvalue weighted by atomic mass is 16.5. The molecule has 2 aromatic rings. The van der Waals surface area contributed by atoms with E-state index in [2.05, 4.69) is 0 Å². The Hall–Kier alpha value is -2.75. The number of hydrogen-bond donors (Lipinski definition) is 0. The normalized spacial score (nSPS) is 15.0. The largest absolute Gasteiger partial charge is 0.497 e. The number of rotatable bonds is 4. The summed E-state index contributed by atoms with van der Waals surface area (Å²) in [7, 11) is 1.57. The minimum absolute atomic E-state index is 0.0450. The third-order valence-corrected chi connectivity index (χ3v) is 3.65. The smallest absolute Gasteiger partial charge is 0.196 e. The molecule has 4 nitrogen and oxygen atoms in total. The van der Waals surface area contributed by atoms with Gasteiger partial charge in [0.25, 0.3) is 0 Å². The van der Waals surface area contributed by atoms with E-state index in [1.807, 2.05) is 37.3 Å². The molecule has 0 bridgehead atoms. The topological polar surface area (TPSA) is 44.8 Å². The van der Waals surface area contributed by atoms with E-state index in [4.69, 9.17) is 14.2 Å². The molecule has 0 atom stereocenters. The van der Waals surface area contributed by atoms with Crippen LogP contribution in [0.15, 0.2) is 48.0 Å². The molecule has 0 unspecified atom stereocenters. The first kappa shape index (κ1) is 15.2. The van der Waals surface area contributed by atoms with Gasteiger partial charge in [-0.05, 0) is 37.3 Å². The van der Waals surface area contributed by atoms with Crippen LogP contribution < -0.4 is 14.2 Å². The molecule has 0 radical (unpaired) electrons. The number of ether oxygens (including phenoxy) is 3. The van der Waals surface area contributed by atoms with Crippen molar-refractivity contribution >= 4 is 11.9 Å². The van der Waals surface area contributed by atoms with Gasteiger partial charge in [0.2, 0.25) is 0 Å². The number of carbonyl (C=O) groups excluding carboxylic acids is 1. The second-order valence-corrected chi connectivity index (χ2v) is 5.12. The molecule has 0 amide bonds. The summed E-state index contributed by atoms with van der Waals surface area (Å²) in [5.41, 5.74) is 1.99. The van der Waals surface area contributed by atoms with Crippen molar-refractivity contribution in [2.75, 3.05) is 20.3 Å². The third-order valence-electron chi connectivity index (χ3n) is 3.65. The Labute approximate surface area is 135 Å². The standard InChI is InChI=1S/C19H18O4/c1-3-22-17-7-5-4-6-13(17)10-14-12-23-18-9-8-15(21-2)11-16(18)19(14)20/h4-11H,3,12H2,1-2H3/b14-10+. The fraction of sp³-hybridized carbons (Fsp3) is 0.211. The lowest BCUT2D eigenvalue weighted by Gasteiger charge is -2.19. The van der Waals surface area contributed by atoms with E-state index in [-0.39, 0.29) is 12.4 Å². The Morgan fingerprint density at radius 1 is 1.22 bits per heavy atom. The number of benzene rings is 2. The van der Waals surface area contributed by atoms with Gasteiger partial charge in [0.15, 0.2) is 5.78 Å². The highest BCUT2D eigenvalue weighted by Gasteiger charge is 2.24. The van der Waals surface area contributed by atoms with E-state index in [0.717, 1.165) is 11.3 Å². The summed E-state index contributed by atoms with van der Waals surface area (Å²) in [6.07, 6.45) is 1.83. The van der Waals surface area contributed by atoms with Crippen LogP contribution in [0.2, 0.25) is 0 Å². The molecule has 0 aliphatic carbocycles. The second kappa shape index (κ2) is 6.57. The first-order valence-corrected chi connectivity index (χ1v) is 7.51. The van der Waals surface area contributed by atoms with Gasteiger partial charge in [-0.3, -0.25) is 4.79 Å². The predicted molar refractivity (Wildman–Crippen MR) is 88.4 cm³/mol. The first-order valence-electron chi connectivity index (χ1n) is 7.51. The molecule has 1 aliphatic rings. The molecule has 2 aromatic carbocycles. The summed E-state index contributed by atoms with van der Waals surface area (Å²) >= 11 is 0. The van der Waals surface area contributed by atoms with Crippen molar-refractivity contribution in [2.24, 2.45) is 0 Å². The average molecular weight is 310 g/mol. The number of para-hydroxylation sites is 1. The fourth-order valence-electron chi connectivity index (χ4n) is 2.52. The Morgan fingerprint density at radius 3 is 2.83 bits per heavy atom. The molecular formula is C19H18O4. The predicted octanol–water partition coefficient (Wildman–Crippen LogP) is 3.75. The monoisotopic (exact) mass is 310 g/mol. The van der Waals surface area contributed by atoms with Crippen LogP contribution in [0.1, 0.15) is 22.8 Å². The van der Waals surface area contributed by atoms with Crippen LogP contribution >= 0.6 is 0 Å². The van der Waals surface area contributed by atoms with Crippen LogP contribution in [0.4, 0.5) is 0 Å². The zero-order valence-corrected chi connectivity index (χ0v) is 13.2. The molecule has 0 saturated carbocycles. The minimum Gasteiger partial charge on any atom is -0.497 e. The molecule has 4 heteroatoms. The Morgan fingerprint density at radius 2 is 2.04 bits per heavy atom. The summed E-state index contributed by atoms with van der Waals surface area (Å²) in [6.45, 7) is 2.75. The SMILES string of the molecule is CCOc1ccccc1/C=C1\COc2ccc(OC)cc2C1=O. The first-order chi connectivity index (χ1) is 11.2. The second-order valence-electron chi connectivity index (χ2n) is 5.12. The van der Waals surface area contributed by atoms with Gasteiger partial charge in [0.05, 0.1) is 19.3 Å². The van der Waals surface area contributed by atoms with Crippen LogP contribution in [0, 0.1) is 0 Å². The summed E-state index contributed by atoms with van der Waals surface area (Å²) in [4.78, 5) is 12.7. The van der Waals surface area contributed by atoms with Gasteiger partial charge < -0.3 is 14.2 Å². The van der Waals surface area contributed by atoms with Gasteiger partial charge in [-0.25, -0.2) is 0 Å². The number of carbonyl (C=O) groups is 1. The zero-order valence-electron chi connectivity index (χ0n) is 13.2. The maximum absolute atomic E-state index is 12.7. The van der Waals surface area contributed by atoms with Crippen LogP contribution in [0.3, 0.4) is 0 Å². The van der Waals surface area contributed by atoms with Crippen molar-refractivity contribution < 1.29 is 19.0 Å². The lowest BCUT2D eigenvalue weighted by atomic mass is 9.98.